The van der Waals surface area contributed by atoms with Crippen molar-refractivity contribution in [1.82, 2.24) is 5.32 Å². The average Bonchev–Trinajstić information content (AvgIpc) is 2.54. The van der Waals surface area contributed by atoms with Crippen molar-refractivity contribution in [3.05, 3.63) is 29.8 Å². The summed E-state index contributed by atoms with van der Waals surface area (Å²) in [5, 5.41) is 11.4. The Balaban J connectivity index is 1.81. The van der Waals surface area contributed by atoms with Gasteiger partial charge in [-0.05, 0) is 30.2 Å². The van der Waals surface area contributed by atoms with E-state index in [9.17, 15) is 9.59 Å². The predicted octanol–water partition coefficient (Wildman–Crippen LogP) is 2.08. The minimum absolute atomic E-state index is 0.0398. The van der Waals surface area contributed by atoms with Gasteiger partial charge in [-0.3, -0.25) is 9.59 Å². The highest BCUT2D eigenvalue weighted by Gasteiger charge is 2.15. The van der Waals surface area contributed by atoms with Gasteiger partial charge in [0.05, 0.1) is 13.2 Å². The lowest BCUT2D eigenvalue weighted by Crippen LogP contribution is -2.29. The smallest absolute Gasteiger partial charge is 0.303 e. The molecule has 1 aromatic rings. The number of carbonyl (C=O) groups excluding carboxylic acids is 1. The molecule has 1 saturated heterocycles. The first-order valence-corrected chi connectivity index (χ1v) is 7.89. The van der Waals surface area contributed by atoms with Crippen LogP contribution in [0.2, 0.25) is 0 Å². The molecule has 6 nitrogen and oxygen atoms in total. The van der Waals surface area contributed by atoms with Crippen molar-refractivity contribution in [1.29, 1.82) is 0 Å². The normalized spacial score (nSPS) is 16.6. The van der Waals surface area contributed by atoms with Gasteiger partial charge in [0, 0.05) is 31.4 Å². The summed E-state index contributed by atoms with van der Waals surface area (Å²) in [6, 6.07) is 6.99. The zero-order valence-corrected chi connectivity index (χ0v) is 13.3. The topological polar surface area (TPSA) is 84.9 Å². The summed E-state index contributed by atoms with van der Waals surface area (Å²) < 4.78 is 11.1. The van der Waals surface area contributed by atoms with Crippen molar-refractivity contribution in [2.75, 3.05) is 19.8 Å². The number of nitrogens with one attached hydrogen (secondary N) is 1. The first-order valence-electron chi connectivity index (χ1n) is 7.89. The van der Waals surface area contributed by atoms with Gasteiger partial charge >= 0.3 is 5.97 Å². The summed E-state index contributed by atoms with van der Waals surface area (Å²) in [6.45, 7) is 3.57. The predicted molar refractivity (Wildman–Crippen MR) is 84.7 cm³/mol. The molecular formula is C17H23NO5. The number of amides is 1. The second-order valence-corrected chi connectivity index (χ2v) is 5.87. The average molecular weight is 321 g/mol. The van der Waals surface area contributed by atoms with E-state index < -0.39 is 5.97 Å². The molecule has 2 N–H and O–H groups in total. The maximum atomic E-state index is 12.0. The van der Waals surface area contributed by atoms with Crippen molar-refractivity contribution in [2.45, 2.75) is 32.3 Å². The number of rotatable bonds is 7. The summed E-state index contributed by atoms with van der Waals surface area (Å²) in [7, 11) is 0. The Hall–Kier alpha value is -2.08. The molecular weight excluding hydrogens is 298 g/mol. The lowest BCUT2D eigenvalue weighted by Gasteiger charge is -2.23. The molecule has 0 aromatic heterocycles. The van der Waals surface area contributed by atoms with Crippen LogP contribution in [-0.2, 0) is 9.53 Å². The van der Waals surface area contributed by atoms with Gasteiger partial charge in [-0.25, -0.2) is 0 Å². The minimum atomic E-state index is -0.860. The molecule has 1 aliphatic heterocycles. The monoisotopic (exact) mass is 321 g/mol. The third kappa shape index (κ3) is 5.90. The SMILES string of the molecule is CC(CNC(=O)c1ccc(OC2CCOCC2)cc1)CC(=O)O. The fraction of sp³-hybridized carbons (Fsp3) is 0.529. The van der Waals surface area contributed by atoms with Gasteiger partial charge in [0.1, 0.15) is 11.9 Å². The van der Waals surface area contributed by atoms with Crippen LogP contribution in [0.1, 0.15) is 36.5 Å². The first kappa shape index (κ1) is 17.3. The molecule has 0 bridgehead atoms. The number of ether oxygens (including phenoxy) is 2. The van der Waals surface area contributed by atoms with E-state index in [0.29, 0.717) is 12.1 Å². The van der Waals surface area contributed by atoms with Gasteiger partial charge in [-0.2, -0.15) is 0 Å². The van der Waals surface area contributed by atoms with Crippen LogP contribution in [0.4, 0.5) is 0 Å². The van der Waals surface area contributed by atoms with E-state index in [1.165, 1.54) is 0 Å². The zero-order chi connectivity index (χ0) is 16.7. The van der Waals surface area contributed by atoms with Crippen LogP contribution in [0.15, 0.2) is 24.3 Å². The highest BCUT2D eigenvalue weighted by Crippen LogP contribution is 2.18. The van der Waals surface area contributed by atoms with Crippen LogP contribution in [0, 0.1) is 5.92 Å². The Kier molecular flexibility index (Phi) is 6.40. The number of carbonyl (C=O) groups is 2. The van der Waals surface area contributed by atoms with Crippen LogP contribution < -0.4 is 10.1 Å². The van der Waals surface area contributed by atoms with Crippen LogP contribution in [-0.4, -0.2) is 42.8 Å². The Morgan fingerprint density at radius 1 is 1.30 bits per heavy atom. The number of hydrogen-bond donors (Lipinski definition) is 2. The Morgan fingerprint density at radius 2 is 1.96 bits per heavy atom. The van der Waals surface area contributed by atoms with Gasteiger partial charge < -0.3 is 19.9 Å². The molecule has 0 spiro atoms. The third-order valence-corrected chi connectivity index (χ3v) is 3.72. The minimum Gasteiger partial charge on any atom is -0.490 e. The fourth-order valence-corrected chi connectivity index (χ4v) is 2.41. The fourth-order valence-electron chi connectivity index (χ4n) is 2.41. The van der Waals surface area contributed by atoms with Crippen LogP contribution in [0.3, 0.4) is 0 Å². The standard InChI is InChI=1S/C17H23NO5/c1-12(10-16(19)20)11-18-17(21)13-2-4-14(5-3-13)23-15-6-8-22-9-7-15/h2-5,12,15H,6-11H2,1H3,(H,18,21)(H,19,20). The van der Waals surface area contributed by atoms with Crippen LogP contribution >= 0.6 is 0 Å². The lowest BCUT2D eigenvalue weighted by atomic mass is 10.1. The van der Waals surface area contributed by atoms with Gasteiger partial charge in [-0.1, -0.05) is 6.92 Å². The van der Waals surface area contributed by atoms with Gasteiger partial charge in [0.15, 0.2) is 0 Å². The molecule has 0 radical (unpaired) electrons. The summed E-state index contributed by atoms with van der Waals surface area (Å²) >= 11 is 0. The first-order chi connectivity index (χ1) is 11.0. The van der Waals surface area contributed by atoms with Crippen molar-refractivity contribution in [2.24, 2.45) is 5.92 Å². The highest BCUT2D eigenvalue weighted by atomic mass is 16.5. The third-order valence-electron chi connectivity index (χ3n) is 3.72. The second-order valence-electron chi connectivity index (χ2n) is 5.87. The van der Waals surface area contributed by atoms with Gasteiger partial charge in [-0.15, -0.1) is 0 Å². The maximum absolute atomic E-state index is 12.0. The van der Waals surface area contributed by atoms with Gasteiger partial charge in [0.2, 0.25) is 0 Å². The number of aliphatic carboxylic acids is 1. The van der Waals surface area contributed by atoms with Gasteiger partial charge in [0.25, 0.3) is 5.91 Å². The van der Waals surface area contributed by atoms with E-state index in [1.807, 2.05) is 0 Å². The highest BCUT2D eigenvalue weighted by molar-refractivity contribution is 5.94. The molecule has 1 atom stereocenters. The molecule has 2 rings (SSSR count). The molecule has 1 unspecified atom stereocenters. The van der Waals surface area contributed by atoms with Crippen molar-refractivity contribution < 1.29 is 24.2 Å². The Labute approximate surface area is 135 Å². The molecule has 1 aromatic carbocycles. The van der Waals surface area contributed by atoms with Crippen molar-refractivity contribution in [3.63, 3.8) is 0 Å². The lowest BCUT2D eigenvalue weighted by molar-refractivity contribution is -0.137. The molecule has 0 saturated carbocycles. The molecule has 126 valence electrons. The number of carboxylic acids is 1. The maximum Gasteiger partial charge on any atom is 0.303 e. The molecule has 23 heavy (non-hydrogen) atoms. The molecule has 1 aliphatic rings. The molecule has 1 fully saturated rings. The number of hydrogen-bond acceptors (Lipinski definition) is 4. The Bertz CT molecular complexity index is 522. The molecule has 1 amide bonds. The van der Waals surface area contributed by atoms with E-state index in [2.05, 4.69) is 5.32 Å². The molecule has 1 heterocycles. The number of carboxylic acid groups (broad SMARTS) is 1. The summed E-state index contributed by atoms with van der Waals surface area (Å²) in [5.41, 5.74) is 0.534. The van der Waals surface area contributed by atoms with E-state index >= 15 is 0 Å². The van der Waals surface area contributed by atoms with E-state index in [1.54, 1.807) is 31.2 Å². The zero-order valence-electron chi connectivity index (χ0n) is 13.3. The van der Waals surface area contributed by atoms with Crippen molar-refractivity contribution >= 4 is 11.9 Å². The van der Waals surface area contributed by atoms with Crippen molar-refractivity contribution in [3.8, 4) is 5.75 Å². The van der Waals surface area contributed by atoms with E-state index in [0.717, 1.165) is 31.8 Å². The molecule has 0 aliphatic carbocycles. The Morgan fingerprint density at radius 3 is 2.57 bits per heavy atom. The van der Waals surface area contributed by atoms with Crippen LogP contribution in [0.25, 0.3) is 0 Å². The van der Waals surface area contributed by atoms with E-state index in [-0.39, 0.29) is 24.3 Å². The summed E-state index contributed by atoms with van der Waals surface area (Å²) in [4.78, 5) is 22.6. The quantitative estimate of drug-likeness (QED) is 0.803. The summed E-state index contributed by atoms with van der Waals surface area (Å²) in [5.74, 6) is -0.429. The largest absolute Gasteiger partial charge is 0.490 e. The van der Waals surface area contributed by atoms with Crippen LogP contribution in [0.5, 0.6) is 5.75 Å². The molecule has 6 heteroatoms. The second kappa shape index (κ2) is 8.53. The van der Waals surface area contributed by atoms with E-state index in [4.69, 9.17) is 14.6 Å². The summed E-state index contributed by atoms with van der Waals surface area (Å²) in [6.07, 6.45) is 1.96. The number of benzene rings is 1.